The Balaban J connectivity index is 1.48. The molecule has 1 saturated heterocycles. The first-order valence-electron chi connectivity index (χ1n) is 10.1. The fourth-order valence-corrected chi connectivity index (χ4v) is 4.01. The van der Waals surface area contributed by atoms with Crippen molar-refractivity contribution in [2.24, 2.45) is 0 Å². The average molecular weight is 382 g/mol. The monoisotopic (exact) mass is 382 g/mol. The molecule has 1 amide bonds. The molecule has 0 unspecified atom stereocenters. The van der Waals surface area contributed by atoms with E-state index in [1.54, 1.807) is 0 Å². The van der Waals surface area contributed by atoms with Crippen LogP contribution in [0.2, 0.25) is 0 Å². The van der Waals surface area contributed by atoms with Crippen molar-refractivity contribution in [3.63, 3.8) is 0 Å². The van der Waals surface area contributed by atoms with Crippen LogP contribution in [0, 0.1) is 0 Å². The van der Waals surface area contributed by atoms with E-state index in [4.69, 9.17) is 9.47 Å². The fourth-order valence-electron chi connectivity index (χ4n) is 4.01. The number of rotatable bonds is 6. The summed E-state index contributed by atoms with van der Waals surface area (Å²) in [4.78, 5) is 15.8. The van der Waals surface area contributed by atoms with Gasteiger partial charge in [0.15, 0.2) is 11.5 Å². The number of fused-ring (bicyclic) bond motifs is 1. The van der Waals surface area contributed by atoms with E-state index >= 15 is 0 Å². The SMILES string of the molecule is CCC(=O)NC[C@@H](c1ccc2c(c1)OCO2)[NH+]1CCN(c2ccccc2)CC1. The van der Waals surface area contributed by atoms with Crippen LogP contribution in [0.4, 0.5) is 5.69 Å². The van der Waals surface area contributed by atoms with Crippen LogP contribution < -0.4 is 24.6 Å². The lowest BCUT2D eigenvalue weighted by molar-refractivity contribution is -0.931. The molecule has 2 aromatic rings. The number of carbonyl (C=O) groups is 1. The van der Waals surface area contributed by atoms with Crippen LogP contribution in [0.3, 0.4) is 0 Å². The Hall–Kier alpha value is -2.73. The van der Waals surface area contributed by atoms with E-state index in [0.717, 1.165) is 37.7 Å². The molecule has 0 bridgehead atoms. The summed E-state index contributed by atoms with van der Waals surface area (Å²) in [6.45, 7) is 6.85. The summed E-state index contributed by atoms with van der Waals surface area (Å²) in [5.74, 6) is 1.68. The van der Waals surface area contributed by atoms with Gasteiger partial charge in [0, 0.05) is 17.7 Å². The van der Waals surface area contributed by atoms with E-state index in [1.807, 2.05) is 13.0 Å². The first-order chi connectivity index (χ1) is 13.7. The lowest BCUT2D eigenvalue weighted by Crippen LogP contribution is -3.15. The van der Waals surface area contributed by atoms with Crippen molar-refractivity contribution < 1.29 is 19.2 Å². The van der Waals surface area contributed by atoms with Crippen LogP contribution in [0.1, 0.15) is 24.9 Å². The molecule has 6 nitrogen and oxygen atoms in total. The molecule has 6 heteroatoms. The number of hydrogen-bond acceptors (Lipinski definition) is 4. The molecular formula is C22H28N3O3+. The average Bonchev–Trinajstić information content (AvgIpc) is 3.23. The molecule has 0 spiro atoms. The number of carbonyl (C=O) groups excluding carboxylic acids is 1. The topological polar surface area (TPSA) is 55.2 Å². The number of quaternary nitrogens is 1. The van der Waals surface area contributed by atoms with Gasteiger partial charge in [0.1, 0.15) is 6.04 Å². The molecule has 2 aliphatic heterocycles. The number of para-hydroxylation sites is 1. The van der Waals surface area contributed by atoms with Crippen molar-refractivity contribution in [3.8, 4) is 11.5 Å². The molecule has 2 aliphatic rings. The number of nitrogens with zero attached hydrogens (tertiary/aromatic N) is 1. The minimum atomic E-state index is 0.0908. The Labute approximate surface area is 166 Å². The van der Waals surface area contributed by atoms with Crippen LogP contribution in [-0.4, -0.2) is 45.4 Å². The van der Waals surface area contributed by atoms with E-state index in [9.17, 15) is 4.79 Å². The van der Waals surface area contributed by atoms with Gasteiger partial charge in [-0.1, -0.05) is 25.1 Å². The van der Waals surface area contributed by atoms with E-state index in [2.05, 4.69) is 52.7 Å². The number of amides is 1. The van der Waals surface area contributed by atoms with E-state index < -0.39 is 0 Å². The second-order valence-electron chi connectivity index (χ2n) is 7.30. The normalized spacial score (nSPS) is 17.4. The fraction of sp³-hybridized carbons (Fsp3) is 0.409. The number of nitrogens with one attached hydrogen (secondary N) is 2. The van der Waals surface area contributed by atoms with Gasteiger partial charge < -0.3 is 24.6 Å². The van der Waals surface area contributed by atoms with Crippen molar-refractivity contribution in [1.82, 2.24) is 5.32 Å². The zero-order valence-corrected chi connectivity index (χ0v) is 16.3. The number of piperazine rings is 1. The van der Waals surface area contributed by atoms with Gasteiger partial charge in [-0.15, -0.1) is 0 Å². The van der Waals surface area contributed by atoms with Crippen LogP contribution in [0.5, 0.6) is 11.5 Å². The van der Waals surface area contributed by atoms with Gasteiger partial charge in [-0.25, -0.2) is 0 Å². The molecule has 2 N–H and O–H groups in total. The van der Waals surface area contributed by atoms with Crippen LogP contribution in [-0.2, 0) is 4.79 Å². The number of ether oxygens (including phenoxy) is 2. The highest BCUT2D eigenvalue weighted by atomic mass is 16.7. The summed E-state index contributed by atoms with van der Waals surface area (Å²) in [7, 11) is 0. The van der Waals surface area contributed by atoms with Gasteiger partial charge in [-0.05, 0) is 30.3 Å². The summed E-state index contributed by atoms with van der Waals surface area (Å²) in [6, 6.07) is 16.9. The third-order valence-corrected chi connectivity index (χ3v) is 5.64. The smallest absolute Gasteiger partial charge is 0.231 e. The largest absolute Gasteiger partial charge is 0.454 e. The molecule has 0 aliphatic carbocycles. The van der Waals surface area contributed by atoms with Crippen molar-refractivity contribution in [1.29, 1.82) is 0 Å². The predicted molar refractivity (Wildman–Crippen MR) is 108 cm³/mol. The third-order valence-electron chi connectivity index (χ3n) is 5.64. The van der Waals surface area contributed by atoms with Gasteiger partial charge in [0.25, 0.3) is 0 Å². The van der Waals surface area contributed by atoms with E-state index in [0.29, 0.717) is 13.0 Å². The minimum absolute atomic E-state index is 0.0908. The van der Waals surface area contributed by atoms with Gasteiger partial charge >= 0.3 is 0 Å². The Morgan fingerprint density at radius 3 is 2.61 bits per heavy atom. The molecule has 0 saturated carbocycles. The summed E-state index contributed by atoms with van der Waals surface area (Å²) < 4.78 is 11.0. The molecule has 148 valence electrons. The predicted octanol–water partition coefficient (Wildman–Crippen LogP) is 1.39. The zero-order valence-electron chi connectivity index (χ0n) is 16.3. The highest BCUT2D eigenvalue weighted by Gasteiger charge is 2.30. The summed E-state index contributed by atoms with van der Waals surface area (Å²) in [5.41, 5.74) is 2.46. The molecule has 1 atom stereocenters. The molecule has 1 fully saturated rings. The second kappa shape index (κ2) is 8.52. The van der Waals surface area contributed by atoms with Gasteiger partial charge in [-0.2, -0.15) is 0 Å². The molecule has 2 heterocycles. The summed E-state index contributed by atoms with van der Waals surface area (Å²) in [5, 5.41) is 3.09. The zero-order chi connectivity index (χ0) is 19.3. The van der Waals surface area contributed by atoms with E-state index in [1.165, 1.54) is 16.2 Å². The lowest BCUT2D eigenvalue weighted by atomic mass is 10.0. The van der Waals surface area contributed by atoms with Crippen molar-refractivity contribution in [2.45, 2.75) is 19.4 Å². The molecule has 28 heavy (non-hydrogen) atoms. The Morgan fingerprint density at radius 1 is 1.11 bits per heavy atom. The van der Waals surface area contributed by atoms with Gasteiger partial charge in [0.05, 0.1) is 32.7 Å². The number of hydrogen-bond donors (Lipinski definition) is 2. The summed E-state index contributed by atoms with van der Waals surface area (Å²) in [6.07, 6.45) is 0.505. The maximum Gasteiger partial charge on any atom is 0.231 e. The second-order valence-corrected chi connectivity index (χ2v) is 7.30. The highest BCUT2D eigenvalue weighted by molar-refractivity contribution is 5.75. The molecular weight excluding hydrogens is 354 g/mol. The Bertz CT molecular complexity index is 804. The molecule has 0 radical (unpaired) electrons. The van der Waals surface area contributed by atoms with Crippen LogP contribution in [0.25, 0.3) is 0 Å². The highest BCUT2D eigenvalue weighted by Crippen LogP contribution is 2.33. The quantitative estimate of drug-likeness (QED) is 0.793. The van der Waals surface area contributed by atoms with Crippen molar-refractivity contribution in [2.75, 3.05) is 44.4 Å². The lowest BCUT2D eigenvalue weighted by Gasteiger charge is -2.38. The minimum Gasteiger partial charge on any atom is -0.454 e. The standard InChI is InChI=1S/C22H27N3O3/c1-2-22(26)23-15-19(17-8-9-20-21(14-17)28-16-27-20)25-12-10-24(11-13-25)18-6-4-3-5-7-18/h3-9,14,19H,2,10-13,15-16H2,1H3,(H,23,26)/p+1/t19-/m0/s1. The van der Waals surface area contributed by atoms with Crippen LogP contribution in [0.15, 0.2) is 48.5 Å². The molecule has 0 aromatic heterocycles. The number of anilines is 1. The maximum atomic E-state index is 11.9. The first-order valence-corrected chi connectivity index (χ1v) is 10.1. The van der Waals surface area contributed by atoms with Crippen molar-refractivity contribution >= 4 is 11.6 Å². The van der Waals surface area contributed by atoms with Gasteiger partial charge in [0.2, 0.25) is 12.7 Å². The van der Waals surface area contributed by atoms with Gasteiger partial charge in [-0.3, -0.25) is 4.79 Å². The summed E-state index contributed by atoms with van der Waals surface area (Å²) >= 11 is 0. The van der Waals surface area contributed by atoms with Crippen LogP contribution >= 0.6 is 0 Å². The third kappa shape index (κ3) is 4.07. The Morgan fingerprint density at radius 2 is 1.86 bits per heavy atom. The Kier molecular flexibility index (Phi) is 5.67. The first kappa shape index (κ1) is 18.6. The molecule has 4 rings (SSSR count). The van der Waals surface area contributed by atoms with Crippen molar-refractivity contribution in [3.05, 3.63) is 54.1 Å². The molecule has 2 aromatic carbocycles. The van der Waals surface area contributed by atoms with E-state index in [-0.39, 0.29) is 18.7 Å². The number of benzene rings is 2. The maximum absolute atomic E-state index is 11.9.